The fraction of sp³-hybridized carbons (Fsp3) is 1.00. The van der Waals surface area contributed by atoms with Crippen LogP contribution in [0, 0.1) is 0 Å². The molecule has 9 N–H and O–H groups in total. The van der Waals surface area contributed by atoms with Gasteiger partial charge >= 0.3 is 0 Å². The lowest BCUT2D eigenvalue weighted by Gasteiger charge is -2.45. The molecule has 0 spiro atoms. The molecule has 11 heteroatoms. The first-order valence-electron chi connectivity index (χ1n) is 7.07. The first-order valence-corrected chi connectivity index (χ1v) is 7.07. The van der Waals surface area contributed by atoms with Gasteiger partial charge in [0.25, 0.3) is 0 Å². The maximum atomic E-state index is 9.85. The summed E-state index contributed by atoms with van der Waals surface area (Å²) in [5.41, 5.74) is 0. The summed E-state index contributed by atoms with van der Waals surface area (Å²) in [6.45, 7) is -0.704. The number of rotatable bonds is 3. The van der Waals surface area contributed by atoms with Crippen LogP contribution in [-0.4, -0.2) is 120 Å². The minimum absolute atomic E-state index is 0.704. The van der Waals surface area contributed by atoms with Crippen LogP contribution in [0.1, 0.15) is 0 Å². The molecule has 136 valence electrons. The van der Waals surface area contributed by atoms with Crippen LogP contribution in [-0.2, 0) is 9.47 Å². The minimum atomic E-state index is -1.83. The molecule has 0 aromatic heterocycles. The Labute approximate surface area is 130 Å². The highest BCUT2D eigenvalue weighted by atomic mass is 16.7. The lowest BCUT2D eigenvalue weighted by Crippen LogP contribution is -2.67. The predicted octanol–water partition coefficient (Wildman–Crippen LogP) is -6.01. The zero-order valence-corrected chi connectivity index (χ0v) is 11.9. The maximum absolute atomic E-state index is 9.85. The van der Waals surface area contributed by atoms with E-state index in [1.165, 1.54) is 0 Å². The van der Waals surface area contributed by atoms with Gasteiger partial charge < -0.3 is 55.4 Å². The number of aliphatic hydroxyl groups excluding tert-OH is 9. The highest BCUT2D eigenvalue weighted by molar-refractivity contribution is 5.00. The summed E-state index contributed by atoms with van der Waals surface area (Å²) in [7, 11) is 0. The molecule has 2 rings (SSSR count). The summed E-state index contributed by atoms with van der Waals surface area (Å²) in [4.78, 5) is 0. The second-order valence-corrected chi connectivity index (χ2v) is 5.75. The topological polar surface area (TPSA) is 201 Å². The largest absolute Gasteiger partial charge is 0.394 e. The molecule has 23 heavy (non-hydrogen) atoms. The van der Waals surface area contributed by atoms with Crippen LogP contribution in [0.4, 0.5) is 0 Å². The molecule has 1 saturated carbocycles. The number of aliphatic hydroxyl groups is 9. The molecule has 0 bridgehead atoms. The molecule has 11 nitrogen and oxygen atoms in total. The smallest absolute Gasteiger partial charge is 0.187 e. The summed E-state index contributed by atoms with van der Waals surface area (Å²) in [5, 5.41) is 86.6. The summed E-state index contributed by atoms with van der Waals surface area (Å²) in [6.07, 6.45) is -18.9. The normalized spacial score (nSPS) is 54.9. The Hall–Kier alpha value is -0.440. The van der Waals surface area contributed by atoms with Gasteiger partial charge in [0.15, 0.2) is 6.29 Å². The zero-order valence-electron chi connectivity index (χ0n) is 11.9. The van der Waals surface area contributed by atoms with Crippen molar-refractivity contribution in [1.82, 2.24) is 0 Å². The van der Waals surface area contributed by atoms with Gasteiger partial charge in [0.2, 0.25) is 0 Å². The Bertz CT molecular complexity index is 377. The van der Waals surface area contributed by atoms with E-state index in [9.17, 15) is 40.9 Å². The van der Waals surface area contributed by atoms with Crippen LogP contribution in [0.3, 0.4) is 0 Å². The van der Waals surface area contributed by atoms with Gasteiger partial charge in [-0.2, -0.15) is 0 Å². The molecule has 1 aliphatic carbocycles. The van der Waals surface area contributed by atoms with Gasteiger partial charge in [-0.1, -0.05) is 0 Å². The van der Waals surface area contributed by atoms with E-state index in [0.717, 1.165) is 0 Å². The molecular weight excluding hydrogens is 320 g/mol. The molecule has 2 aliphatic rings. The second kappa shape index (κ2) is 7.21. The lowest BCUT2D eigenvalue weighted by molar-refractivity contribution is -0.339. The average molecular weight is 342 g/mol. The molecule has 0 amide bonds. The van der Waals surface area contributed by atoms with Crippen molar-refractivity contribution in [2.75, 3.05) is 6.61 Å². The van der Waals surface area contributed by atoms with Crippen LogP contribution < -0.4 is 0 Å². The van der Waals surface area contributed by atoms with Crippen LogP contribution in [0.2, 0.25) is 0 Å². The van der Waals surface area contributed by atoms with Crippen molar-refractivity contribution in [3.8, 4) is 0 Å². The maximum Gasteiger partial charge on any atom is 0.187 e. The van der Waals surface area contributed by atoms with Crippen molar-refractivity contribution in [2.24, 2.45) is 0 Å². The Balaban J connectivity index is 2.13. The molecule has 1 heterocycles. The van der Waals surface area contributed by atoms with Gasteiger partial charge in [0.05, 0.1) is 6.61 Å². The van der Waals surface area contributed by atoms with Gasteiger partial charge in [-0.25, -0.2) is 0 Å². The van der Waals surface area contributed by atoms with E-state index < -0.39 is 73.9 Å². The Morgan fingerprint density at radius 2 is 1.04 bits per heavy atom. The summed E-state index contributed by atoms with van der Waals surface area (Å²) < 4.78 is 10.2. The van der Waals surface area contributed by atoms with Gasteiger partial charge in [-0.15, -0.1) is 0 Å². The predicted molar refractivity (Wildman–Crippen MR) is 68.7 cm³/mol. The first-order chi connectivity index (χ1) is 10.7. The van der Waals surface area contributed by atoms with Crippen LogP contribution in [0.5, 0.6) is 0 Å². The van der Waals surface area contributed by atoms with E-state index >= 15 is 0 Å². The Kier molecular flexibility index (Phi) is 5.92. The van der Waals surface area contributed by atoms with E-state index in [-0.39, 0.29) is 0 Å². The van der Waals surface area contributed by atoms with Crippen LogP contribution >= 0.6 is 0 Å². The molecule has 0 aromatic rings. The first kappa shape index (κ1) is 18.9. The number of ether oxygens (including phenoxy) is 2. The van der Waals surface area contributed by atoms with Gasteiger partial charge in [-0.3, -0.25) is 0 Å². The quantitative estimate of drug-likeness (QED) is 0.236. The van der Waals surface area contributed by atoms with Gasteiger partial charge in [0.1, 0.15) is 61.0 Å². The van der Waals surface area contributed by atoms with Crippen molar-refractivity contribution in [2.45, 2.75) is 67.3 Å². The third kappa shape index (κ3) is 3.36. The van der Waals surface area contributed by atoms with E-state index in [0.29, 0.717) is 0 Å². The number of hydrogen-bond acceptors (Lipinski definition) is 11. The van der Waals surface area contributed by atoms with Crippen molar-refractivity contribution >= 4 is 0 Å². The standard InChI is InChI=1S/C12H22O11/c13-1-2-3(14)4(15)10(21)12(22-2)23-11-8(19)6(17)5(16)7(18)9(11)20/h2-21H,1H2/t2-,3-,4-,5?,6-,7+,8-,9+,10-,11?,12+/m0/s1. The van der Waals surface area contributed by atoms with Crippen LogP contribution in [0.25, 0.3) is 0 Å². The van der Waals surface area contributed by atoms with Gasteiger partial charge in [-0.05, 0) is 0 Å². The molecule has 11 atom stereocenters. The lowest BCUT2D eigenvalue weighted by atomic mass is 9.84. The van der Waals surface area contributed by atoms with Crippen molar-refractivity contribution in [3.05, 3.63) is 0 Å². The summed E-state index contributed by atoms with van der Waals surface area (Å²) >= 11 is 0. The SMILES string of the molecule is OC[C@@H]1O[C@H](OC2[C@@H](O)[C@@H](O)C(O)[C@@H](O)[C@H]2O)[C@@H](O)[C@@H](O)[C@H]1O. The highest BCUT2D eigenvalue weighted by Crippen LogP contribution is 2.29. The van der Waals surface area contributed by atoms with Crippen molar-refractivity contribution in [1.29, 1.82) is 0 Å². The van der Waals surface area contributed by atoms with E-state index in [1.54, 1.807) is 0 Å². The fourth-order valence-corrected chi connectivity index (χ4v) is 2.69. The Morgan fingerprint density at radius 3 is 1.52 bits per heavy atom. The monoisotopic (exact) mass is 342 g/mol. The molecule has 2 unspecified atom stereocenters. The van der Waals surface area contributed by atoms with E-state index in [2.05, 4.69) is 0 Å². The van der Waals surface area contributed by atoms with Crippen molar-refractivity contribution < 1.29 is 55.4 Å². The molecule has 0 aromatic carbocycles. The number of hydrogen-bond donors (Lipinski definition) is 9. The third-order valence-electron chi connectivity index (χ3n) is 4.21. The average Bonchev–Trinajstić information content (AvgIpc) is 2.54. The molecular formula is C12H22O11. The van der Waals surface area contributed by atoms with E-state index in [1.807, 2.05) is 0 Å². The van der Waals surface area contributed by atoms with Gasteiger partial charge in [0, 0.05) is 0 Å². The zero-order chi connectivity index (χ0) is 17.5. The molecule has 1 saturated heterocycles. The van der Waals surface area contributed by atoms with Crippen molar-refractivity contribution in [3.63, 3.8) is 0 Å². The molecule has 0 radical (unpaired) electrons. The van der Waals surface area contributed by atoms with Crippen LogP contribution in [0.15, 0.2) is 0 Å². The highest BCUT2D eigenvalue weighted by Gasteiger charge is 2.52. The Morgan fingerprint density at radius 1 is 0.609 bits per heavy atom. The van der Waals surface area contributed by atoms with E-state index in [4.69, 9.17) is 14.6 Å². The fourth-order valence-electron chi connectivity index (χ4n) is 2.69. The molecule has 1 aliphatic heterocycles. The minimum Gasteiger partial charge on any atom is -0.394 e. The molecule has 2 fully saturated rings. The summed E-state index contributed by atoms with van der Waals surface area (Å²) in [6, 6.07) is 0. The summed E-state index contributed by atoms with van der Waals surface area (Å²) in [5.74, 6) is 0. The second-order valence-electron chi connectivity index (χ2n) is 5.75. The third-order valence-corrected chi connectivity index (χ3v) is 4.21.